The fourth-order valence-corrected chi connectivity index (χ4v) is 2.21. The number of carbonyl (C=O) groups is 2. The highest BCUT2D eigenvalue weighted by molar-refractivity contribution is 7.79. The maximum atomic E-state index is 12.3. The Morgan fingerprint density at radius 1 is 0.773 bits per heavy atom. The van der Waals surface area contributed by atoms with Crippen LogP contribution in [0.15, 0.2) is 42.5 Å². The summed E-state index contributed by atoms with van der Waals surface area (Å²) in [6.07, 6.45) is 0. The molecule has 1 aliphatic rings. The minimum atomic E-state index is -4.67. The van der Waals surface area contributed by atoms with Gasteiger partial charge in [0.15, 0.2) is 11.6 Å². The van der Waals surface area contributed by atoms with E-state index in [0.717, 1.165) is 5.56 Å². The summed E-state index contributed by atoms with van der Waals surface area (Å²) in [7, 11) is -4.67. The summed E-state index contributed by atoms with van der Waals surface area (Å²) >= 11 is 0. The molecule has 0 atom stereocenters. The molecule has 7 heteroatoms. The molecule has 0 unspecified atom stereocenters. The zero-order valence-corrected chi connectivity index (χ0v) is 12.3. The van der Waals surface area contributed by atoms with Gasteiger partial charge in [-0.3, -0.25) is 18.7 Å². The van der Waals surface area contributed by atoms with Crippen LogP contribution in [0.5, 0.6) is 0 Å². The molecule has 6 nitrogen and oxygen atoms in total. The summed E-state index contributed by atoms with van der Waals surface area (Å²) in [6.45, 7) is 1.92. The smallest absolute Gasteiger partial charge is 0.289 e. The standard InChI is InChI=1S/C15H10O2.H2O4S/c1-9-6-7-12-13(8-9)15(17)11-5-3-2-4-10(11)14(12)16;1-5(2,3)4/h2-8H,1H3;(H2,1,2,3,4). The SMILES string of the molecule is Cc1ccc2c(c1)C(=O)c1ccccc1C2=O.O=S(=O)(O)O. The molecule has 0 aliphatic heterocycles. The van der Waals surface area contributed by atoms with Crippen LogP contribution in [-0.4, -0.2) is 29.1 Å². The van der Waals surface area contributed by atoms with Gasteiger partial charge in [0.2, 0.25) is 0 Å². The van der Waals surface area contributed by atoms with Crippen molar-refractivity contribution >= 4 is 22.0 Å². The van der Waals surface area contributed by atoms with Gasteiger partial charge in [0.25, 0.3) is 0 Å². The minimum absolute atomic E-state index is 0.0566. The summed E-state index contributed by atoms with van der Waals surface area (Å²) in [6, 6.07) is 12.4. The first kappa shape index (κ1) is 16.0. The van der Waals surface area contributed by atoms with Gasteiger partial charge in [0.1, 0.15) is 0 Å². The molecule has 2 aromatic rings. The minimum Gasteiger partial charge on any atom is -0.289 e. The first-order valence-corrected chi connectivity index (χ1v) is 7.57. The molecule has 3 rings (SSSR count). The van der Waals surface area contributed by atoms with Gasteiger partial charge in [0, 0.05) is 22.3 Å². The second kappa shape index (κ2) is 5.80. The molecule has 0 amide bonds. The molecule has 1 aliphatic carbocycles. The van der Waals surface area contributed by atoms with Gasteiger partial charge < -0.3 is 0 Å². The lowest BCUT2D eigenvalue weighted by molar-refractivity contribution is 0.0979. The van der Waals surface area contributed by atoms with Crippen molar-refractivity contribution < 1.29 is 27.1 Å². The van der Waals surface area contributed by atoms with E-state index >= 15 is 0 Å². The molecule has 2 N–H and O–H groups in total. The summed E-state index contributed by atoms with van der Waals surface area (Å²) in [5.41, 5.74) is 3.04. The summed E-state index contributed by atoms with van der Waals surface area (Å²) in [5, 5.41) is 0. The lowest BCUT2D eigenvalue weighted by Gasteiger charge is -2.17. The fraction of sp³-hybridized carbons (Fsp3) is 0.0667. The van der Waals surface area contributed by atoms with Crippen LogP contribution in [0, 0.1) is 6.92 Å². The van der Waals surface area contributed by atoms with Crippen molar-refractivity contribution in [2.75, 3.05) is 0 Å². The van der Waals surface area contributed by atoms with E-state index in [1.165, 1.54) is 0 Å². The molecule has 0 spiro atoms. The topological polar surface area (TPSA) is 109 Å². The molecule has 0 radical (unpaired) electrons. The number of rotatable bonds is 0. The van der Waals surface area contributed by atoms with Crippen molar-refractivity contribution in [3.05, 3.63) is 70.3 Å². The van der Waals surface area contributed by atoms with Crippen LogP contribution < -0.4 is 0 Å². The van der Waals surface area contributed by atoms with E-state index in [1.807, 2.05) is 13.0 Å². The van der Waals surface area contributed by atoms with Gasteiger partial charge in [-0.25, -0.2) is 0 Å². The van der Waals surface area contributed by atoms with E-state index in [0.29, 0.717) is 22.3 Å². The monoisotopic (exact) mass is 320 g/mol. The van der Waals surface area contributed by atoms with Crippen LogP contribution in [0.1, 0.15) is 37.4 Å². The van der Waals surface area contributed by atoms with E-state index in [2.05, 4.69) is 0 Å². The highest BCUT2D eigenvalue weighted by Gasteiger charge is 2.28. The van der Waals surface area contributed by atoms with Crippen molar-refractivity contribution in [2.24, 2.45) is 0 Å². The number of ketones is 2. The fourth-order valence-electron chi connectivity index (χ4n) is 2.21. The zero-order valence-electron chi connectivity index (χ0n) is 11.5. The van der Waals surface area contributed by atoms with Crippen LogP contribution in [-0.2, 0) is 10.4 Å². The molecule has 22 heavy (non-hydrogen) atoms. The third-order valence-electron chi connectivity index (χ3n) is 3.08. The van der Waals surface area contributed by atoms with Gasteiger partial charge in [-0.05, 0) is 13.0 Å². The normalized spacial score (nSPS) is 12.9. The Bertz CT molecular complexity index is 859. The quantitative estimate of drug-likeness (QED) is 0.614. The second-order valence-corrected chi connectivity index (χ2v) is 5.60. The van der Waals surface area contributed by atoms with E-state index < -0.39 is 10.4 Å². The van der Waals surface area contributed by atoms with Gasteiger partial charge in [0.05, 0.1) is 0 Å². The third kappa shape index (κ3) is 3.45. The first-order valence-electron chi connectivity index (χ1n) is 6.17. The van der Waals surface area contributed by atoms with E-state index in [1.54, 1.807) is 36.4 Å². The maximum Gasteiger partial charge on any atom is 0.394 e. The van der Waals surface area contributed by atoms with Crippen molar-refractivity contribution in [3.63, 3.8) is 0 Å². The molecular formula is C15H12O6S. The van der Waals surface area contributed by atoms with E-state index in [4.69, 9.17) is 17.5 Å². The molecule has 0 bridgehead atoms. The number of benzene rings is 2. The van der Waals surface area contributed by atoms with E-state index in [9.17, 15) is 9.59 Å². The molecule has 0 heterocycles. The summed E-state index contributed by atoms with van der Waals surface area (Å²) in [5.74, 6) is -0.117. The third-order valence-corrected chi connectivity index (χ3v) is 3.08. The summed E-state index contributed by atoms with van der Waals surface area (Å²) in [4.78, 5) is 24.5. The molecule has 0 aromatic heterocycles. The Hall–Kier alpha value is -2.35. The number of aryl methyl sites for hydroxylation is 1. The maximum absolute atomic E-state index is 12.3. The van der Waals surface area contributed by atoms with Crippen LogP contribution in [0.3, 0.4) is 0 Å². The Morgan fingerprint density at radius 2 is 1.18 bits per heavy atom. The average Bonchev–Trinajstić information content (AvgIpc) is 2.43. The van der Waals surface area contributed by atoms with Crippen LogP contribution in [0.25, 0.3) is 0 Å². The first-order chi connectivity index (χ1) is 10.2. The number of hydrogen-bond acceptors (Lipinski definition) is 4. The highest BCUT2D eigenvalue weighted by atomic mass is 32.3. The number of hydrogen-bond donors (Lipinski definition) is 2. The molecule has 2 aromatic carbocycles. The van der Waals surface area contributed by atoms with Crippen molar-refractivity contribution in [1.29, 1.82) is 0 Å². The van der Waals surface area contributed by atoms with Crippen LogP contribution >= 0.6 is 0 Å². The predicted molar refractivity (Wildman–Crippen MR) is 78.7 cm³/mol. The van der Waals surface area contributed by atoms with Gasteiger partial charge in [-0.15, -0.1) is 0 Å². The van der Waals surface area contributed by atoms with Crippen LogP contribution in [0.4, 0.5) is 0 Å². The Morgan fingerprint density at radius 3 is 1.68 bits per heavy atom. The largest absolute Gasteiger partial charge is 0.394 e. The van der Waals surface area contributed by atoms with Crippen molar-refractivity contribution in [2.45, 2.75) is 6.92 Å². The second-order valence-electron chi connectivity index (χ2n) is 4.70. The Labute approximate surface area is 127 Å². The molecule has 0 fully saturated rings. The Balaban J connectivity index is 0.000000309. The lowest BCUT2D eigenvalue weighted by atomic mass is 9.83. The number of carbonyl (C=O) groups excluding carboxylic acids is 2. The van der Waals surface area contributed by atoms with Gasteiger partial charge >= 0.3 is 10.4 Å². The van der Waals surface area contributed by atoms with Gasteiger partial charge in [-0.2, -0.15) is 8.42 Å². The number of fused-ring (bicyclic) bond motifs is 2. The summed E-state index contributed by atoms with van der Waals surface area (Å²) < 4.78 is 31.6. The highest BCUT2D eigenvalue weighted by Crippen LogP contribution is 2.27. The van der Waals surface area contributed by atoms with Gasteiger partial charge in [-0.1, -0.05) is 42.0 Å². The lowest BCUT2D eigenvalue weighted by Crippen LogP contribution is -2.20. The van der Waals surface area contributed by atoms with Crippen LogP contribution in [0.2, 0.25) is 0 Å². The Kier molecular flexibility index (Phi) is 4.23. The molecular weight excluding hydrogens is 308 g/mol. The van der Waals surface area contributed by atoms with Crippen molar-refractivity contribution in [3.8, 4) is 0 Å². The molecule has 0 saturated carbocycles. The molecule has 114 valence electrons. The van der Waals surface area contributed by atoms with Crippen molar-refractivity contribution in [1.82, 2.24) is 0 Å². The average molecular weight is 320 g/mol. The molecule has 0 saturated heterocycles. The van der Waals surface area contributed by atoms with E-state index in [-0.39, 0.29) is 11.6 Å². The zero-order chi connectivity index (χ0) is 16.5. The predicted octanol–water partition coefficient (Wildman–Crippen LogP) is 2.12.